The molecular weight excluding hydrogens is 338 g/mol. The van der Waals surface area contributed by atoms with Crippen LogP contribution in [0.4, 0.5) is 0 Å². The van der Waals surface area contributed by atoms with Gasteiger partial charge in [-0.25, -0.2) is 14.9 Å². The molecule has 2 aliphatic carbocycles. The SMILES string of the molecule is CO[C@H]1CC[C@@]2(CC1)Cc1ccc(CCC(C)C)cc1C21N=C(N)N(C)O1. The van der Waals surface area contributed by atoms with Gasteiger partial charge in [0.1, 0.15) is 0 Å². The first kappa shape index (κ1) is 18.8. The molecule has 0 radical (unpaired) electrons. The molecule has 0 aromatic heterocycles. The van der Waals surface area contributed by atoms with Crippen LogP contribution in [0, 0.1) is 11.3 Å². The van der Waals surface area contributed by atoms with Crippen LogP contribution >= 0.6 is 0 Å². The van der Waals surface area contributed by atoms with Gasteiger partial charge in [0.25, 0.3) is 0 Å². The van der Waals surface area contributed by atoms with Gasteiger partial charge < -0.3 is 10.5 Å². The summed E-state index contributed by atoms with van der Waals surface area (Å²) in [5.74, 6) is 1.18. The van der Waals surface area contributed by atoms with Crippen molar-refractivity contribution in [2.24, 2.45) is 22.1 Å². The van der Waals surface area contributed by atoms with Gasteiger partial charge in [0.15, 0.2) is 0 Å². The minimum Gasteiger partial charge on any atom is -0.381 e. The van der Waals surface area contributed by atoms with Crippen LogP contribution in [-0.4, -0.2) is 31.3 Å². The minimum absolute atomic E-state index is 0.0313. The molecule has 2 spiro atoms. The summed E-state index contributed by atoms with van der Waals surface area (Å²) < 4.78 is 5.63. The number of fused-ring (bicyclic) bond motifs is 3. The molecule has 1 saturated carbocycles. The molecule has 5 nitrogen and oxygen atoms in total. The van der Waals surface area contributed by atoms with Crippen LogP contribution in [0.25, 0.3) is 0 Å². The standard InChI is InChI=1S/C22H33N3O2/c1-15(2)5-6-16-7-8-17-14-21(11-9-18(26-4)10-12-21)22(19(17)13-16)24-20(23)25(3)27-22/h7-8,13,15,18H,5-6,9-12,14H2,1-4H3,(H2,23,24)/t18-,21+,22?. The van der Waals surface area contributed by atoms with Gasteiger partial charge in [0, 0.05) is 25.1 Å². The number of nitrogens with two attached hydrogens (primary N) is 1. The molecule has 0 bridgehead atoms. The molecule has 0 saturated heterocycles. The lowest BCUT2D eigenvalue weighted by atomic mass is 9.66. The lowest BCUT2D eigenvalue weighted by molar-refractivity contribution is -0.232. The van der Waals surface area contributed by atoms with Crippen molar-refractivity contribution in [3.05, 3.63) is 34.9 Å². The third-order valence-corrected chi connectivity index (χ3v) is 6.88. The number of hydroxylamine groups is 2. The summed E-state index contributed by atoms with van der Waals surface area (Å²) in [7, 11) is 3.68. The van der Waals surface area contributed by atoms with Gasteiger partial charge in [0.2, 0.25) is 11.7 Å². The van der Waals surface area contributed by atoms with Crippen LogP contribution < -0.4 is 5.73 Å². The van der Waals surface area contributed by atoms with Crippen LogP contribution in [0.1, 0.15) is 62.6 Å². The van der Waals surface area contributed by atoms with Crippen molar-refractivity contribution in [3.63, 3.8) is 0 Å². The van der Waals surface area contributed by atoms with Crippen molar-refractivity contribution < 1.29 is 9.57 Å². The molecule has 1 aromatic carbocycles. The summed E-state index contributed by atoms with van der Waals surface area (Å²) in [5.41, 5.74) is 9.46. The Morgan fingerprint density at radius 1 is 1.33 bits per heavy atom. The van der Waals surface area contributed by atoms with Crippen LogP contribution in [0.2, 0.25) is 0 Å². The van der Waals surface area contributed by atoms with Crippen LogP contribution in [0.3, 0.4) is 0 Å². The second-order valence-corrected chi connectivity index (χ2v) is 9.02. The maximum absolute atomic E-state index is 6.46. The Kier molecular flexibility index (Phi) is 4.71. The van der Waals surface area contributed by atoms with E-state index < -0.39 is 5.72 Å². The molecule has 1 unspecified atom stereocenters. The van der Waals surface area contributed by atoms with Crippen LogP contribution in [0.15, 0.2) is 23.2 Å². The molecule has 1 atom stereocenters. The number of aliphatic imine (C=N–C) groups is 1. The molecule has 27 heavy (non-hydrogen) atoms. The molecule has 2 N–H and O–H groups in total. The Bertz CT molecular complexity index is 737. The maximum atomic E-state index is 6.46. The van der Waals surface area contributed by atoms with Crippen LogP contribution in [0.5, 0.6) is 0 Å². The fraction of sp³-hybridized carbons (Fsp3) is 0.682. The maximum Gasteiger partial charge on any atom is 0.220 e. The highest BCUT2D eigenvalue weighted by molar-refractivity contribution is 5.79. The normalized spacial score (nSPS) is 32.6. The van der Waals surface area contributed by atoms with Crippen molar-refractivity contribution >= 4 is 5.96 Å². The topological polar surface area (TPSA) is 60.1 Å². The van der Waals surface area contributed by atoms with E-state index in [-0.39, 0.29) is 5.41 Å². The lowest BCUT2D eigenvalue weighted by Gasteiger charge is -2.45. The number of methoxy groups -OCH3 is 1. The van der Waals surface area contributed by atoms with Crippen molar-refractivity contribution in [2.75, 3.05) is 14.2 Å². The first-order chi connectivity index (χ1) is 12.9. The molecule has 4 rings (SSSR count). The van der Waals surface area contributed by atoms with Crippen molar-refractivity contribution in [1.29, 1.82) is 0 Å². The Morgan fingerprint density at radius 3 is 2.67 bits per heavy atom. The van der Waals surface area contributed by atoms with Gasteiger partial charge in [-0.3, -0.25) is 0 Å². The number of guanidine groups is 1. The van der Waals surface area contributed by atoms with E-state index in [1.54, 1.807) is 5.06 Å². The van der Waals surface area contributed by atoms with E-state index in [4.69, 9.17) is 20.3 Å². The molecule has 3 aliphatic rings. The zero-order valence-electron chi connectivity index (χ0n) is 17.1. The highest BCUT2D eigenvalue weighted by atomic mass is 16.7. The first-order valence-corrected chi connectivity index (χ1v) is 10.3. The Hall–Kier alpha value is -1.59. The van der Waals surface area contributed by atoms with E-state index in [2.05, 4.69) is 32.0 Å². The number of hydrogen-bond donors (Lipinski definition) is 1. The van der Waals surface area contributed by atoms with Gasteiger partial charge in [-0.15, -0.1) is 0 Å². The monoisotopic (exact) mass is 371 g/mol. The van der Waals surface area contributed by atoms with E-state index in [0.717, 1.165) is 38.5 Å². The van der Waals surface area contributed by atoms with E-state index in [9.17, 15) is 0 Å². The molecule has 0 amide bonds. The smallest absolute Gasteiger partial charge is 0.220 e. The summed E-state index contributed by atoms with van der Waals surface area (Å²) in [6, 6.07) is 6.93. The van der Waals surface area contributed by atoms with E-state index in [1.807, 2.05) is 14.2 Å². The number of hydrogen-bond acceptors (Lipinski definition) is 5. The fourth-order valence-electron chi connectivity index (χ4n) is 5.19. The van der Waals surface area contributed by atoms with E-state index in [0.29, 0.717) is 18.0 Å². The Labute approximate surface area is 162 Å². The zero-order chi connectivity index (χ0) is 19.2. The number of aryl methyl sites for hydroxylation is 1. The summed E-state index contributed by atoms with van der Waals surface area (Å²) >= 11 is 0. The number of benzene rings is 1. The van der Waals surface area contributed by atoms with Gasteiger partial charge in [-0.05, 0) is 62.0 Å². The van der Waals surface area contributed by atoms with Gasteiger partial charge in [0.05, 0.1) is 6.10 Å². The van der Waals surface area contributed by atoms with Crippen molar-refractivity contribution in [2.45, 2.75) is 70.6 Å². The van der Waals surface area contributed by atoms with Gasteiger partial charge in [-0.1, -0.05) is 32.0 Å². The van der Waals surface area contributed by atoms with Gasteiger partial charge >= 0.3 is 0 Å². The summed E-state index contributed by atoms with van der Waals surface area (Å²) in [4.78, 5) is 11.4. The summed E-state index contributed by atoms with van der Waals surface area (Å²) in [6.07, 6.45) is 7.84. The number of rotatable bonds is 4. The highest BCUT2D eigenvalue weighted by Gasteiger charge is 2.63. The summed E-state index contributed by atoms with van der Waals surface area (Å²) in [5, 5.41) is 1.65. The third kappa shape index (κ3) is 2.95. The molecule has 5 heteroatoms. The Morgan fingerprint density at radius 2 is 2.07 bits per heavy atom. The quantitative estimate of drug-likeness (QED) is 0.876. The van der Waals surface area contributed by atoms with Crippen molar-refractivity contribution in [3.8, 4) is 0 Å². The molecule has 148 valence electrons. The Balaban J connectivity index is 1.73. The second-order valence-electron chi connectivity index (χ2n) is 9.02. The van der Waals surface area contributed by atoms with E-state index >= 15 is 0 Å². The molecule has 1 aromatic rings. The van der Waals surface area contributed by atoms with E-state index in [1.165, 1.54) is 23.1 Å². The summed E-state index contributed by atoms with van der Waals surface area (Å²) in [6.45, 7) is 4.55. The number of ether oxygens (including phenoxy) is 1. The second kappa shape index (κ2) is 6.78. The minimum atomic E-state index is -0.673. The third-order valence-electron chi connectivity index (χ3n) is 6.88. The predicted octanol–water partition coefficient (Wildman–Crippen LogP) is 3.75. The number of nitrogens with zero attached hydrogens (tertiary/aromatic N) is 2. The average molecular weight is 372 g/mol. The highest BCUT2D eigenvalue weighted by Crippen LogP contribution is 2.61. The average Bonchev–Trinajstić information content (AvgIpc) is 3.09. The molecule has 1 fully saturated rings. The zero-order valence-corrected chi connectivity index (χ0v) is 17.1. The lowest BCUT2D eigenvalue weighted by Crippen LogP contribution is -2.46. The largest absolute Gasteiger partial charge is 0.381 e. The molecule has 1 heterocycles. The van der Waals surface area contributed by atoms with Crippen LogP contribution in [-0.2, 0) is 28.1 Å². The predicted molar refractivity (Wildman–Crippen MR) is 107 cm³/mol. The fourth-order valence-corrected chi connectivity index (χ4v) is 5.19. The first-order valence-electron chi connectivity index (χ1n) is 10.3. The van der Waals surface area contributed by atoms with Gasteiger partial charge in [-0.2, -0.15) is 0 Å². The molecule has 1 aliphatic heterocycles. The van der Waals surface area contributed by atoms with Crippen molar-refractivity contribution in [1.82, 2.24) is 5.06 Å². The molecular formula is C22H33N3O2.